The van der Waals surface area contributed by atoms with Gasteiger partial charge in [0.05, 0.1) is 8.95 Å². The molecule has 0 saturated carbocycles. The zero-order chi connectivity index (χ0) is 23.0. The number of hydrogen-bond donors (Lipinski definition) is 1. The number of hydrogen-bond acceptors (Lipinski definition) is 5. The van der Waals surface area contributed by atoms with Gasteiger partial charge in [0.2, 0.25) is 0 Å². The maximum atomic E-state index is 13.2. The van der Waals surface area contributed by atoms with E-state index in [1.165, 1.54) is 0 Å². The Bertz CT molecular complexity index is 1060. The van der Waals surface area contributed by atoms with Gasteiger partial charge in [-0.1, -0.05) is 5.92 Å². The minimum atomic E-state index is -0.987. The molecule has 0 spiro atoms. The lowest BCUT2D eigenvalue weighted by atomic mass is 9.71. The smallest absolute Gasteiger partial charge is 0.323 e. The summed E-state index contributed by atoms with van der Waals surface area (Å²) in [7, 11) is 0. The SMILES string of the molecule is C#CCOc1c(Br)cc(C2C3=C(CCCC3=O)N(CC(=O)O)C3=C2C(=O)CCC3)cc1Br. The average Bonchev–Trinajstić information content (AvgIpc) is 2.73. The van der Waals surface area contributed by atoms with Gasteiger partial charge in [-0.05, 0) is 75.2 Å². The fraction of sp³-hybridized carbons (Fsp3) is 0.375. The lowest BCUT2D eigenvalue weighted by Crippen LogP contribution is -2.41. The summed E-state index contributed by atoms with van der Waals surface area (Å²) in [5.41, 5.74) is 3.34. The number of ketones is 2. The number of nitrogens with zero attached hydrogens (tertiary/aromatic N) is 1. The van der Waals surface area contributed by atoms with Gasteiger partial charge >= 0.3 is 5.97 Å². The van der Waals surface area contributed by atoms with E-state index in [1.807, 2.05) is 12.1 Å². The highest BCUT2D eigenvalue weighted by Gasteiger charge is 2.43. The quantitative estimate of drug-likeness (QED) is 0.523. The average molecular weight is 563 g/mol. The summed E-state index contributed by atoms with van der Waals surface area (Å²) in [6.45, 7) is -0.150. The number of benzene rings is 1. The second kappa shape index (κ2) is 9.24. The summed E-state index contributed by atoms with van der Waals surface area (Å²) in [4.78, 5) is 39.7. The molecule has 0 saturated heterocycles. The van der Waals surface area contributed by atoms with Crippen LogP contribution in [-0.4, -0.2) is 40.7 Å². The molecule has 1 heterocycles. The molecular formula is C24H21Br2NO5. The summed E-state index contributed by atoms with van der Waals surface area (Å²) in [5, 5.41) is 9.54. The number of terminal acetylenes is 1. The molecule has 8 heteroatoms. The number of carboxylic acids is 1. The zero-order valence-corrected chi connectivity index (χ0v) is 20.4. The van der Waals surface area contributed by atoms with Crippen molar-refractivity contribution < 1.29 is 24.2 Å². The van der Waals surface area contributed by atoms with E-state index in [9.17, 15) is 19.5 Å². The molecule has 32 heavy (non-hydrogen) atoms. The van der Waals surface area contributed by atoms with Gasteiger partial charge in [-0.15, -0.1) is 6.42 Å². The van der Waals surface area contributed by atoms with Crippen LogP contribution in [0.3, 0.4) is 0 Å². The van der Waals surface area contributed by atoms with Crippen molar-refractivity contribution in [2.75, 3.05) is 13.2 Å². The Labute approximate surface area is 202 Å². The molecule has 1 aromatic carbocycles. The molecule has 0 radical (unpaired) electrons. The van der Waals surface area contributed by atoms with Crippen LogP contribution in [-0.2, 0) is 14.4 Å². The van der Waals surface area contributed by atoms with Crippen LogP contribution >= 0.6 is 31.9 Å². The molecule has 1 N–H and O–H groups in total. The molecule has 0 atom stereocenters. The van der Waals surface area contributed by atoms with E-state index in [0.29, 0.717) is 64.4 Å². The van der Waals surface area contributed by atoms with Crippen LogP contribution in [0.1, 0.15) is 50.0 Å². The van der Waals surface area contributed by atoms with Gasteiger partial charge < -0.3 is 14.7 Å². The largest absolute Gasteiger partial charge is 0.480 e. The highest BCUT2D eigenvalue weighted by atomic mass is 79.9. The molecule has 6 nitrogen and oxygen atoms in total. The van der Waals surface area contributed by atoms with Gasteiger partial charge in [0.1, 0.15) is 18.9 Å². The van der Waals surface area contributed by atoms with Gasteiger partial charge in [-0.2, -0.15) is 0 Å². The zero-order valence-electron chi connectivity index (χ0n) is 17.2. The molecule has 0 aromatic heterocycles. The first-order valence-electron chi connectivity index (χ1n) is 10.4. The highest BCUT2D eigenvalue weighted by molar-refractivity contribution is 9.11. The van der Waals surface area contributed by atoms with Crippen molar-refractivity contribution in [3.63, 3.8) is 0 Å². The predicted molar refractivity (Wildman–Crippen MR) is 125 cm³/mol. The number of carboxylic acid groups (broad SMARTS) is 1. The van der Waals surface area contributed by atoms with Crippen LogP contribution in [0.5, 0.6) is 5.75 Å². The standard InChI is InChI=1S/C24H21Br2NO5/c1-2-9-32-24-14(25)10-13(11-15(24)26)21-22-16(5-3-7-18(22)28)27(12-20(30)31)17-6-4-8-19(29)23(17)21/h1,10-11,21H,3-9,12H2,(H,30,31). The van der Waals surface area contributed by atoms with E-state index in [1.54, 1.807) is 4.90 Å². The monoisotopic (exact) mass is 561 g/mol. The summed E-state index contributed by atoms with van der Waals surface area (Å²) < 4.78 is 6.92. The van der Waals surface area contributed by atoms with E-state index < -0.39 is 11.9 Å². The molecule has 166 valence electrons. The summed E-state index contributed by atoms with van der Waals surface area (Å²) in [5.74, 6) is 1.40. The Morgan fingerprint density at radius 3 is 2.06 bits per heavy atom. The molecule has 0 bridgehead atoms. The molecule has 3 aliphatic rings. The first-order valence-corrected chi connectivity index (χ1v) is 12.0. The molecule has 4 rings (SSSR count). The number of aliphatic carboxylic acids is 1. The van der Waals surface area contributed by atoms with Crippen LogP contribution in [0, 0.1) is 12.3 Å². The minimum Gasteiger partial charge on any atom is -0.480 e. The second-order valence-electron chi connectivity index (χ2n) is 7.99. The Balaban J connectivity index is 1.92. The molecule has 0 fully saturated rings. The molecule has 0 amide bonds. The van der Waals surface area contributed by atoms with Gasteiger partial charge in [-0.25, -0.2) is 0 Å². The van der Waals surface area contributed by atoms with Crippen molar-refractivity contribution in [3.05, 3.63) is 49.2 Å². The van der Waals surface area contributed by atoms with E-state index in [2.05, 4.69) is 37.8 Å². The molecule has 0 unspecified atom stereocenters. The Morgan fingerprint density at radius 2 is 1.59 bits per heavy atom. The second-order valence-corrected chi connectivity index (χ2v) is 9.70. The summed E-state index contributed by atoms with van der Waals surface area (Å²) in [6.07, 6.45) is 8.65. The van der Waals surface area contributed by atoms with Crippen molar-refractivity contribution in [1.29, 1.82) is 0 Å². The maximum Gasteiger partial charge on any atom is 0.323 e. The Morgan fingerprint density at radius 1 is 1.06 bits per heavy atom. The number of carbonyl (C=O) groups excluding carboxylic acids is 2. The first-order chi connectivity index (χ1) is 15.3. The summed E-state index contributed by atoms with van der Waals surface area (Å²) >= 11 is 7.06. The molecule has 1 aromatic rings. The van der Waals surface area contributed by atoms with Crippen LogP contribution in [0.4, 0.5) is 0 Å². The van der Waals surface area contributed by atoms with Crippen molar-refractivity contribution in [3.8, 4) is 18.1 Å². The van der Waals surface area contributed by atoms with Gasteiger partial charge in [0, 0.05) is 41.3 Å². The fourth-order valence-electron chi connectivity index (χ4n) is 4.87. The topological polar surface area (TPSA) is 83.9 Å². The van der Waals surface area contributed by atoms with E-state index in [0.717, 1.165) is 17.0 Å². The van der Waals surface area contributed by atoms with Crippen LogP contribution < -0.4 is 4.74 Å². The first kappa shape index (κ1) is 22.8. The lowest BCUT2D eigenvalue weighted by Gasteiger charge is -2.43. The third kappa shape index (κ3) is 4.04. The number of Topliss-reactive ketones (excluding diaryl/α,β-unsaturated/α-hetero) is 2. The molecular weight excluding hydrogens is 542 g/mol. The van der Waals surface area contributed by atoms with Crippen LogP contribution in [0.15, 0.2) is 43.6 Å². The van der Waals surface area contributed by atoms with Crippen molar-refractivity contribution >= 4 is 49.4 Å². The van der Waals surface area contributed by atoms with E-state index >= 15 is 0 Å². The normalized spacial score (nSPS) is 19.0. The van der Waals surface area contributed by atoms with Crippen molar-refractivity contribution in [2.45, 2.75) is 44.4 Å². The van der Waals surface area contributed by atoms with Crippen molar-refractivity contribution in [2.24, 2.45) is 0 Å². The number of carbonyl (C=O) groups is 3. The highest BCUT2D eigenvalue weighted by Crippen LogP contribution is 2.50. The Kier molecular flexibility index (Phi) is 6.59. The molecule has 2 aliphatic carbocycles. The number of rotatable bonds is 5. The van der Waals surface area contributed by atoms with Crippen LogP contribution in [0.25, 0.3) is 0 Å². The van der Waals surface area contributed by atoms with Gasteiger partial charge in [0.25, 0.3) is 0 Å². The third-order valence-electron chi connectivity index (χ3n) is 6.03. The van der Waals surface area contributed by atoms with E-state index in [-0.39, 0.29) is 24.7 Å². The van der Waals surface area contributed by atoms with E-state index in [4.69, 9.17) is 11.2 Å². The van der Waals surface area contributed by atoms with Crippen LogP contribution in [0.2, 0.25) is 0 Å². The summed E-state index contributed by atoms with van der Waals surface area (Å²) in [6, 6.07) is 3.71. The number of allylic oxidation sites excluding steroid dienone is 4. The molecule has 1 aliphatic heterocycles. The van der Waals surface area contributed by atoms with Gasteiger partial charge in [0.15, 0.2) is 11.6 Å². The predicted octanol–water partition coefficient (Wildman–Crippen LogP) is 4.72. The number of ether oxygens (including phenoxy) is 1. The minimum absolute atomic E-state index is 0.0311. The maximum absolute atomic E-state index is 13.2. The third-order valence-corrected chi connectivity index (χ3v) is 7.21. The van der Waals surface area contributed by atoms with Gasteiger partial charge in [-0.3, -0.25) is 14.4 Å². The fourth-order valence-corrected chi connectivity index (χ4v) is 6.32. The number of halogens is 2. The Hall–Kier alpha value is -2.37. The van der Waals surface area contributed by atoms with Crippen molar-refractivity contribution in [1.82, 2.24) is 4.90 Å². The lowest BCUT2D eigenvalue weighted by molar-refractivity contribution is -0.138.